The first-order chi connectivity index (χ1) is 8.89. The molecule has 10 heteroatoms. The molecular formula is C9H8F3N5O2. The largest absolute Gasteiger partial charge is 0.476 e. The number of carboxylic acid groups (broad SMARTS) is 1. The van der Waals surface area contributed by atoms with Crippen molar-refractivity contribution in [3.8, 4) is 0 Å². The molecule has 0 amide bonds. The van der Waals surface area contributed by atoms with Crippen molar-refractivity contribution in [2.24, 2.45) is 0 Å². The second-order valence-corrected chi connectivity index (χ2v) is 3.61. The molecule has 0 aliphatic heterocycles. The van der Waals surface area contributed by atoms with Crippen molar-refractivity contribution < 1.29 is 23.1 Å². The number of hydrogen-bond acceptors (Lipinski definition) is 4. The van der Waals surface area contributed by atoms with Crippen LogP contribution in [0.2, 0.25) is 0 Å². The fourth-order valence-corrected chi connectivity index (χ4v) is 1.52. The van der Waals surface area contributed by atoms with Gasteiger partial charge in [0.05, 0.1) is 12.9 Å². The minimum atomic E-state index is -4.83. The molecule has 1 N–H and O–H groups in total. The number of halogens is 3. The van der Waals surface area contributed by atoms with Crippen molar-refractivity contribution in [2.75, 3.05) is 0 Å². The average molecular weight is 275 g/mol. The number of aryl methyl sites for hydroxylation is 2. The third kappa shape index (κ3) is 2.72. The van der Waals surface area contributed by atoms with E-state index < -0.39 is 23.5 Å². The van der Waals surface area contributed by atoms with Crippen molar-refractivity contribution >= 4 is 5.97 Å². The Morgan fingerprint density at radius 2 is 2.11 bits per heavy atom. The number of aromatic carboxylic acids is 1. The summed E-state index contributed by atoms with van der Waals surface area (Å²) in [5.74, 6) is -1.76. The van der Waals surface area contributed by atoms with Gasteiger partial charge in [-0.05, 0) is 0 Å². The van der Waals surface area contributed by atoms with Gasteiger partial charge in [-0.2, -0.15) is 13.2 Å². The molecule has 19 heavy (non-hydrogen) atoms. The molecule has 102 valence electrons. The number of rotatable bonds is 4. The van der Waals surface area contributed by atoms with E-state index >= 15 is 0 Å². The zero-order valence-electron chi connectivity index (χ0n) is 9.37. The lowest BCUT2D eigenvalue weighted by atomic mass is 10.3. The van der Waals surface area contributed by atoms with E-state index in [-0.39, 0.29) is 13.1 Å². The molecule has 0 aliphatic rings. The quantitative estimate of drug-likeness (QED) is 0.895. The monoisotopic (exact) mass is 275 g/mol. The number of hydrogen-bond donors (Lipinski definition) is 1. The summed E-state index contributed by atoms with van der Waals surface area (Å²) in [5.41, 5.74) is -2.46. The fraction of sp³-hybridized carbons (Fsp3) is 0.333. The van der Waals surface area contributed by atoms with Crippen LogP contribution in [-0.4, -0.2) is 35.6 Å². The summed E-state index contributed by atoms with van der Waals surface area (Å²) in [7, 11) is 0. The van der Waals surface area contributed by atoms with E-state index in [0.717, 1.165) is 0 Å². The Hall–Kier alpha value is -2.39. The molecule has 7 nitrogen and oxygen atoms in total. The minimum absolute atomic E-state index is 0.161. The Balaban J connectivity index is 2.27. The molecule has 0 aliphatic carbocycles. The van der Waals surface area contributed by atoms with E-state index in [0.29, 0.717) is 4.68 Å². The summed E-state index contributed by atoms with van der Waals surface area (Å²) in [6, 6.07) is 0. The van der Waals surface area contributed by atoms with E-state index in [1.807, 2.05) is 0 Å². The first-order valence-corrected chi connectivity index (χ1v) is 5.09. The average Bonchev–Trinajstić information content (AvgIpc) is 2.94. The lowest BCUT2D eigenvalue weighted by Gasteiger charge is -2.10. The summed E-state index contributed by atoms with van der Waals surface area (Å²) in [6.07, 6.45) is -0.342. The summed E-state index contributed by atoms with van der Waals surface area (Å²) >= 11 is 0. The van der Waals surface area contributed by atoms with Gasteiger partial charge in [-0.1, -0.05) is 5.21 Å². The molecule has 0 radical (unpaired) electrons. The predicted octanol–water partition coefficient (Wildman–Crippen LogP) is 0.892. The Kier molecular flexibility index (Phi) is 3.23. The molecule has 2 aromatic heterocycles. The molecule has 2 aromatic rings. The summed E-state index contributed by atoms with van der Waals surface area (Å²) in [4.78, 5) is 14.4. The zero-order chi connectivity index (χ0) is 14.0. The van der Waals surface area contributed by atoms with Gasteiger partial charge in [-0.3, -0.25) is 0 Å². The Labute approximate surface area is 104 Å². The van der Waals surface area contributed by atoms with E-state index in [1.165, 1.54) is 12.5 Å². The van der Waals surface area contributed by atoms with E-state index in [2.05, 4.69) is 15.3 Å². The van der Waals surface area contributed by atoms with Crippen molar-refractivity contribution in [1.29, 1.82) is 0 Å². The third-order valence-corrected chi connectivity index (χ3v) is 2.34. The first kappa shape index (κ1) is 13.1. The van der Waals surface area contributed by atoms with Crippen LogP contribution in [0.4, 0.5) is 13.2 Å². The smallest absolute Gasteiger partial charge is 0.435 e. The van der Waals surface area contributed by atoms with Crippen LogP contribution >= 0.6 is 0 Å². The topological polar surface area (TPSA) is 85.8 Å². The molecule has 0 saturated carbocycles. The number of alkyl halides is 3. The molecule has 0 unspecified atom stereocenters. The van der Waals surface area contributed by atoms with Gasteiger partial charge in [0, 0.05) is 18.9 Å². The van der Waals surface area contributed by atoms with Crippen LogP contribution in [0.5, 0.6) is 0 Å². The number of carboxylic acids is 1. The van der Waals surface area contributed by atoms with Gasteiger partial charge in [-0.15, -0.1) is 5.10 Å². The Morgan fingerprint density at radius 1 is 1.37 bits per heavy atom. The molecule has 0 atom stereocenters. The van der Waals surface area contributed by atoms with Gasteiger partial charge < -0.3 is 9.67 Å². The second kappa shape index (κ2) is 4.71. The van der Waals surface area contributed by atoms with Crippen LogP contribution in [0.1, 0.15) is 16.2 Å². The van der Waals surface area contributed by atoms with Crippen molar-refractivity contribution in [3.05, 3.63) is 30.1 Å². The van der Waals surface area contributed by atoms with Crippen LogP contribution in [0.25, 0.3) is 0 Å². The number of aromatic nitrogens is 5. The third-order valence-electron chi connectivity index (χ3n) is 2.34. The Morgan fingerprint density at radius 3 is 2.63 bits per heavy atom. The summed E-state index contributed by atoms with van der Waals surface area (Å²) in [6.45, 7) is 0.0109. The van der Waals surface area contributed by atoms with Gasteiger partial charge in [0.15, 0.2) is 5.69 Å². The maximum absolute atomic E-state index is 12.8. The van der Waals surface area contributed by atoms with E-state index in [9.17, 15) is 18.0 Å². The van der Waals surface area contributed by atoms with E-state index in [4.69, 9.17) is 5.11 Å². The second-order valence-electron chi connectivity index (χ2n) is 3.61. The zero-order valence-corrected chi connectivity index (χ0v) is 9.37. The molecule has 2 rings (SSSR count). The molecule has 0 aromatic carbocycles. The van der Waals surface area contributed by atoms with Crippen molar-refractivity contribution in [1.82, 2.24) is 24.5 Å². The molecule has 0 spiro atoms. The first-order valence-electron chi connectivity index (χ1n) is 5.09. The highest BCUT2D eigenvalue weighted by Crippen LogP contribution is 2.31. The summed E-state index contributed by atoms with van der Waals surface area (Å²) < 4.78 is 40.4. The number of imidazole rings is 1. The highest BCUT2D eigenvalue weighted by molar-refractivity contribution is 5.86. The highest BCUT2D eigenvalue weighted by atomic mass is 19.4. The lowest BCUT2D eigenvalue weighted by molar-refractivity contribution is -0.144. The van der Waals surface area contributed by atoms with Crippen LogP contribution < -0.4 is 0 Å². The van der Waals surface area contributed by atoms with Crippen LogP contribution in [-0.2, 0) is 19.3 Å². The van der Waals surface area contributed by atoms with Crippen molar-refractivity contribution in [2.45, 2.75) is 19.3 Å². The maximum Gasteiger partial charge on any atom is 0.435 e. The standard InChI is InChI=1S/C9H8F3N5O2/c10-9(11,12)7-6(8(18)19)14-15-17(7)4-3-16-2-1-13-5-16/h1-2,5H,3-4H2,(H,18,19). The van der Waals surface area contributed by atoms with E-state index in [1.54, 1.807) is 10.8 Å². The van der Waals surface area contributed by atoms with Gasteiger partial charge in [0.1, 0.15) is 0 Å². The normalized spacial score (nSPS) is 11.7. The van der Waals surface area contributed by atoms with Crippen LogP contribution in [0.15, 0.2) is 18.7 Å². The fourth-order valence-electron chi connectivity index (χ4n) is 1.52. The minimum Gasteiger partial charge on any atom is -0.476 e. The Bertz CT molecular complexity index is 575. The molecule has 0 saturated heterocycles. The lowest BCUT2D eigenvalue weighted by Crippen LogP contribution is -2.20. The summed E-state index contributed by atoms with van der Waals surface area (Å²) in [5, 5.41) is 14.9. The molecule has 0 fully saturated rings. The van der Waals surface area contributed by atoms with Gasteiger partial charge in [-0.25, -0.2) is 14.5 Å². The molecule has 0 bridgehead atoms. The predicted molar refractivity (Wildman–Crippen MR) is 54.2 cm³/mol. The molecular weight excluding hydrogens is 267 g/mol. The van der Waals surface area contributed by atoms with Crippen LogP contribution in [0.3, 0.4) is 0 Å². The molecule has 2 heterocycles. The van der Waals surface area contributed by atoms with Gasteiger partial charge in [0.2, 0.25) is 5.69 Å². The van der Waals surface area contributed by atoms with Gasteiger partial charge in [0.25, 0.3) is 0 Å². The van der Waals surface area contributed by atoms with Crippen LogP contribution in [0, 0.1) is 0 Å². The number of carbonyl (C=O) groups is 1. The highest BCUT2D eigenvalue weighted by Gasteiger charge is 2.41. The maximum atomic E-state index is 12.8. The van der Waals surface area contributed by atoms with Crippen molar-refractivity contribution in [3.63, 3.8) is 0 Å². The number of nitrogens with zero attached hydrogens (tertiary/aromatic N) is 5. The SMILES string of the molecule is O=C(O)c1nnn(CCn2ccnc2)c1C(F)(F)F. The van der Waals surface area contributed by atoms with Gasteiger partial charge >= 0.3 is 12.1 Å².